The van der Waals surface area contributed by atoms with Crippen molar-refractivity contribution in [1.82, 2.24) is 14.5 Å². The van der Waals surface area contributed by atoms with E-state index < -0.39 is 0 Å². The first-order chi connectivity index (χ1) is 14.0. The van der Waals surface area contributed by atoms with Gasteiger partial charge in [0.1, 0.15) is 5.82 Å². The maximum atomic E-state index is 13.1. The number of hydrogen-bond donors (Lipinski definition) is 0. The van der Waals surface area contributed by atoms with Gasteiger partial charge >= 0.3 is 0 Å². The van der Waals surface area contributed by atoms with Gasteiger partial charge in [-0.05, 0) is 63.1 Å². The van der Waals surface area contributed by atoms with Crippen LogP contribution in [0.4, 0.5) is 0 Å². The molecule has 1 unspecified atom stereocenters. The van der Waals surface area contributed by atoms with Crippen molar-refractivity contribution < 1.29 is 9.53 Å². The van der Waals surface area contributed by atoms with Crippen molar-refractivity contribution >= 4 is 5.91 Å². The van der Waals surface area contributed by atoms with E-state index in [1.54, 1.807) is 0 Å². The van der Waals surface area contributed by atoms with Crippen LogP contribution in [-0.4, -0.2) is 39.6 Å². The Morgan fingerprint density at radius 2 is 1.93 bits per heavy atom. The van der Waals surface area contributed by atoms with E-state index in [4.69, 9.17) is 4.74 Å². The summed E-state index contributed by atoms with van der Waals surface area (Å²) in [5.41, 5.74) is 5.25. The molecule has 5 heteroatoms. The average Bonchev–Trinajstić information content (AvgIpc) is 3.28. The number of amides is 1. The smallest absolute Gasteiger partial charge is 0.226 e. The highest BCUT2D eigenvalue weighted by Gasteiger charge is 2.32. The standard InChI is InChI=1S/C24H33N3O2/c1-17-12-18(2)22(19(3)13-17)15-26-10-9-25-23(26)16-27(14-21-8-5-11-29-21)24(28)20-6-4-7-20/h9-10,12-13,20-21H,4-8,11,14-16H2,1-3H3. The number of imidazole rings is 1. The number of aryl methyl sites for hydroxylation is 3. The summed E-state index contributed by atoms with van der Waals surface area (Å²) in [6, 6.07) is 4.48. The fourth-order valence-corrected chi connectivity index (χ4v) is 4.62. The fraction of sp³-hybridized carbons (Fsp3) is 0.583. The van der Waals surface area contributed by atoms with Crippen LogP contribution in [0.25, 0.3) is 0 Å². The third-order valence-corrected chi connectivity index (χ3v) is 6.52. The Morgan fingerprint density at radius 1 is 1.17 bits per heavy atom. The van der Waals surface area contributed by atoms with Gasteiger partial charge in [-0.1, -0.05) is 24.1 Å². The zero-order valence-electron chi connectivity index (χ0n) is 18.0. The molecule has 2 fully saturated rings. The van der Waals surface area contributed by atoms with Crippen LogP contribution in [0, 0.1) is 26.7 Å². The van der Waals surface area contributed by atoms with E-state index in [1.165, 1.54) is 28.7 Å². The van der Waals surface area contributed by atoms with Crippen LogP contribution >= 0.6 is 0 Å². The van der Waals surface area contributed by atoms with Crippen molar-refractivity contribution in [2.24, 2.45) is 5.92 Å². The summed E-state index contributed by atoms with van der Waals surface area (Å²) in [5, 5.41) is 0. The SMILES string of the molecule is Cc1cc(C)c(Cn2ccnc2CN(CC2CCCO2)C(=O)C2CCC2)c(C)c1. The second kappa shape index (κ2) is 8.70. The summed E-state index contributed by atoms with van der Waals surface area (Å²) in [5.74, 6) is 1.43. The number of hydrogen-bond acceptors (Lipinski definition) is 3. The molecule has 2 aromatic rings. The number of carbonyl (C=O) groups is 1. The Balaban J connectivity index is 1.52. The molecular formula is C24H33N3O2. The van der Waals surface area contributed by atoms with Crippen LogP contribution in [-0.2, 0) is 22.6 Å². The van der Waals surface area contributed by atoms with Crippen LogP contribution in [0.2, 0.25) is 0 Å². The molecule has 0 radical (unpaired) electrons. The number of rotatable bonds is 7. The van der Waals surface area contributed by atoms with Crippen LogP contribution in [0.3, 0.4) is 0 Å². The van der Waals surface area contributed by atoms with Gasteiger partial charge < -0.3 is 14.2 Å². The summed E-state index contributed by atoms with van der Waals surface area (Å²) in [7, 11) is 0. The van der Waals surface area contributed by atoms with Crippen LogP contribution in [0.15, 0.2) is 24.5 Å². The minimum atomic E-state index is 0.170. The average molecular weight is 396 g/mol. The number of carbonyl (C=O) groups excluding carboxylic acids is 1. The zero-order chi connectivity index (χ0) is 20.4. The van der Waals surface area contributed by atoms with Crippen molar-refractivity contribution in [3.63, 3.8) is 0 Å². The third kappa shape index (κ3) is 4.55. The van der Waals surface area contributed by atoms with Crippen molar-refractivity contribution in [3.05, 3.63) is 52.6 Å². The fourth-order valence-electron chi connectivity index (χ4n) is 4.62. The first kappa shape index (κ1) is 20.1. The number of ether oxygens (including phenoxy) is 1. The molecule has 4 rings (SSSR count). The van der Waals surface area contributed by atoms with Gasteiger partial charge in [-0.2, -0.15) is 0 Å². The maximum absolute atomic E-state index is 13.1. The van der Waals surface area contributed by atoms with Gasteiger partial charge in [-0.3, -0.25) is 4.79 Å². The van der Waals surface area contributed by atoms with Gasteiger partial charge in [0.15, 0.2) is 0 Å². The lowest BCUT2D eigenvalue weighted by Gasteiger charge is -2.33. The highest BCUT2D eigenvalue weighted by molar-refractivity contribution is 5.79. The first-order valence-corrected chi connectivity index (χ1v) is 11.0. The summed E-state index contributed by atoms with van der Waals surface area (Å²) in [4.78, 5) is 19.7. The molecule has 5 nitrogen and oxygen atoms in total. The van der Waals surface area contributed by atoms with Gasteiger partial charge in [0.25, 0.3) is 0 Å². The zero-order valence-corrected chi connectivity index (χ0v) is 18.0. The molecule has 29 heavy (non-hydrogen) atoms. The molecule has 1 aliphatic heterocycles. The molecule has 1 aromatic heterocycles. The number of benzene rings is 1. The molecule has 2 heterocycles. The minimum Gasteiger partial charge on any atom is -0.376 e. The topological polar surface area (TPSA) is 47.4 Å². The van der Waals surface area contributed by atoms with E-state index in [0.717, 1.165) is 44.7 Å². The minimum absolute atomic E-state index is 0.170. The molecule has 1 amide bonds. The van der Waals surface area contributed by atoms with E-state index in [2.05, 4.69) is 42.5 Å². The quantitative estimate of drug-likeness (QED) is 0.707. The third-order valence-electron chi connectivity index (χ3n) is 6.52. The van der Waals surface area contributed by atoms with Crippen LogP contribution < -0.4 is 0 Å². The Morgan fingerprint density at radius 3 is 2.55 bits per heavy atom. The summed E-state index contributed by atoms with van der Waals surface area (Å²) in [6.07, 6.45) is 9.42. The Bertz CT molecular complexity index is 840. The first-order valence-electron chi connectivity index (χ1n) is 11.0. The molecule has 1 saturated carbocycles. The van der Waals surface area contributed by atoms with Crippen molar-refractivity contribution in [1.29, 1.82) is 0 Å². The summed E-state index contributed by atoms with van der Waals surface area (Å²) >= 11 is 0. The molecule has 0 spiro atoms. The molecule has 1 aromatic carbocycles. The number of aromatic nitrogens is 2. The van der Waals surface area contributed by atoms with E-state index in [1.807, 2.05) is 17.3 Å². The predicted molar refractivity (Wildman–Crippen MR) is 114 cm³/mol. The highest BCUT2D eigenvalue weighted by atomic mass is 16.5. The van der Waals surface area contributed by atoms with Gasteiger partial charge in [0.2, 0.25) is 5.91 Å². The summed E-state index contributed by atoms with van der Waals surface area (Å²) in [6.45, 7) is 9.35. The number of nitrogens with zero attached hydrogens (tertiary/aromatic N) is 3. The van der Waals surface area contributed by atoms with Crippen molar-refractivity contribution in [2.45, 2.75) is 72.1 Å². The van der Waals surface area contributed by atoms with Crippen LogP contribution in [0.1, 0.15) is 60.2 Å². The van der Waals surface area contributed by atoms with Crippen LogP contribution in [0.5, 0.6) is 0 Å². The van der Waals surface area contributed by atoms with Gasteiger partial charge in [0, 0.05) is 38.0 Å². The van der Waals surface area contributed by atoms with E-state index in [0.29, 0.717) is 13.1 Å². The monoisotopic (exact) mass is 395 g/mol. The van der Waals surface area contributed by atoms with Gasteiger partial charge in [-0.15, -0.1) is 0 Å². The van der Waals surface area contributed by atoms with Gasteiger partial charge in [-0.25, -0.2) is 4.98 Å². The molecule has 1 saturated heterocycles. The molecule has 156 valence electrons. The molecule has 1 aliphatic carbocycles. The Labute approximate surface area is 174 Å². The Kier molecular flexibility index (Phi) is 6.04. The molecule has 1 atom stereocenters. The lowest BCUT2D eigenvalue weighted by molar-refractivity contribution is -0.140. The van der Waals surface area contributed by atoms with Gasteiger partial charge in [0.05, 0.1) is 12.6 Å². The molecular weight excluding hydrogens is 362 g/mol. The second-order valence-corrected chi connectivity index (χ2v) is 8.83. The highest BCUT2D eigenvalue weighted by Crippen LogP contribution is 2.29. The van der Waals surface area contributed by atoms with Crippen molar-refractivity contribution in [2.75, 3.05) is 13.2 Å². The molecule has 0 bridgehead atoms. The van der Waals surface area contributed by atoms with E-state index >= 15 is 0 Å². The molecule has 2 aliphatic rings. The Hall–Kier alpha value is -2.14. The largest absolute Gasteiger partial charge is 0.376 e. The normalized spacial score (nSPS) is 19.3. The van der Waals surface area contributed by atoms with E-state index in [9.17, 15) is 4.79 Å². The van der Waals surface area contributed by atoms with E-state index in [-0.39, 0.29) is 17.9 Å². The lowest BCUT2D eigenvalue weighted by Crippen LogP contribution is -2.42. The predicted octanol–water partition coefficient (Wildman–Crippen LogP) is 4.16. The molecule has 0 N–H and O–H groups in total. The second-order valence-electron chi connectivity index (χ2n) is 8.83. The maximum Gasteiger partial charge on any atom is 0.226 e. The summed E-state index contributed by atoms with van der Waals surface area (Å²) < 4.78 is 8.03. The lowest BCUT2D eigenvalue weighted by atomic mass is 9.84. The van der Waals surface area contributed by atoms with Crippen molar-refractivity contribution in [3.8, 4) is 0 Å².